The van der Waals surface area contributed by atoms with Crippen molar-refractivity contribution in [1.82, 2.24) is 15.5 Å². The molecule has 0 saturated heterocycles. The van der Waals surface area contributed by atoms with Crippen LogP contribution in [0.2, 0.25) is 0 Å². The van der Waals surface area contributed by atoms with Crippen molar-refractivity contribution in [2.75, 3.05) is 18.6 Å². The van der Waals surface area contributed by atoms with Crippen LogP contribution in [0.5, 0.6) is 0 Å². The van der Waals surface area contributed by atoms with Crippen LogP contribution in [-0.2, 0) is 14.3 Å². The zero-order chi connectivity index (χ0) is 24.3. The number of carbonyl (C=O) groups is 3. The van der Waals surface area contributed by atoms with Gasteiger partial charge in [0, 0.05) is 12.6 Å². The minimum absolute atomic E-state index is 0.0958. The summed E-state index contributed by atoms with van der Waals surface area (Å²) in [7, 11) is 0. The smallest absolute Gasteiger partial charge is 0.408 e. The molecule has 178 valence electrons. The summed E-state index contributed by atoms with van der Waals surface area (Å²) in [5.74, 6) is 0.00217. The lowest BCUT2D eigenvalue weighted by Gasteiger charge is -2.34. The third-order valence-corrected chi connectivity index (χ3v) is 4.96. The van der Waals surface area contributed by atoms with E-state index in [-0.39, 0.29) is 24.4 Å². The van der Waals surface area contributed by atoms with Crippen molar-refractivity contribution in [3.05, 3.63) is 48.6 Å². The molecule has 0 fully saturated rings. The molecule has 2 unspecified atom stereocenters. The molecule has 0 bridgehead atoms. The summed E-state index contributed by atoms with van der Waals surface area (Å²) in [5, 5.41) is 5.61. The maximum absolute atomic E-state index is 13.7. The summed E-state index contributed by atoms with van der Waals surface area (Å²) in [6, 6.07) is 7.33. The number of ether oxygens (including phenoxy) is 1. The second kappa shape index (κ2) is 13.2. The number of nitrogens with one attached hydrogen (secondary N) is 2. The van der Waals surface area contributed by atoms with Gasteiger partial charge in [0.1, 0.15) is 17.7 Å². The van der Waals surface area contributed by atoms with Crippen molar-refractivity contribution < 1.29 is 19.1 Å². The van der Waals surface area contributed by atoms with E-state index in [0.29, 0.717) is 17.7 Å². The molecule has 7 nitrogen and oxygen atoms in total. The molecule has 1 aromatic carbocycles. The molecule has 0 spiro atoms. The normalized spacial score (nSPS) is 13.1. The molecule has 8 heteroatoms. The molecule has 0 aliphatic carbocycles. The predicted molar refractivity (Wildman–Crippen MR) is 131 cm³/mol. The van der Waals surface area contributed by atoms with Gasteiger partial charge in [-0.05, 0) is 58.6 Å². The average molecular weight is 464 g/mol. The van der Waals surface area contributed by atoms with Crippen LogP contribution in [0.4, 0.5) is 4.79 Å². The Morgan fingerprint density at radius 3 is 2.28 bits per heavy atom. The Bertz CT molecular complexity index is 762. The SMILES string of the molecule is C=CCN(C(=O)C(CCSC)NC(=O)OC(C)(C)C)C(C(=O)NC(C)C)c1ccccc1. The summed E-state index contributed by atoms with van der Waals surface area (Å²) in [6.45, 7) is 12.9. The molecule has 0 saturated carbocycles. The Balaban J connectivity index is 3.31. The van der Waals surface area contributed by atoms with E-state index in [1.807, 2.05) is 50.4 Å². The fourth-order valence-corrected chi connectivity index (χ4v) is 3.55. The Kier molecular flexibility index (Phi) is 11.3. The first-order valence-electron chi connectivity index (χ1n) is 10.7. The first kappa shape index (κ1) is 27.6. The summed E-state index contributed by atoms with van der Waals surface area (Å²) in [4.78, 5) is 40.7. The zero-order valence-electron chi connectivity index (χ0n) is 20.0. The molecule has 0 aliphatic heterocycles. The third kappa shape index (κ3) is 9.34. The number of nitrogens with zero attached hydrogens (tertiary/aromatic N) is 1. The summed E-state index contributed by atoms with van der Waals surface area (Å²) >= 11 is 1.57. The maximum atomic E-state index is 13.7. The van der Waals surface area contributed by atoms with Gasteiger partial charge in [-0.1, -0.05) is 36.4 Å². The van der Waals surface area contributed by atoms with Gasteiger partial charge in [-0.2, -0.15) is 11.8 Å². The minimum Gasteiger partial charge on any atom is -0.444 e. The van der Waals surface area contributed by atoms with Crippen LogP contribution in [0.25, 0.3) is 0 Å². The highest BCUT2D eigenvalue weighted by Gasteiger charge is 2.35. The number of amides is 3. The third-order valence-electron chi connectivity index (χ3n) is 4.31. The number of rotatable bonds is 11. The topological polar surface area (TPSA) is 87.7 Å². The molecule has 0 heterocycles. The van der Waals surface area contributed by atoms with Gasteiger partial charge in [-0.15, -0.1) is 6.58 Å². The van der Waals surface area contributed by atoms with Crippen molar-refractivity contribution in [2.24, 2.45) is 0 Å². The molecular formula is C24H37N3O4S. The van der Waals surface area contributed by atoms with E-state index >= 15 is 0 Å². The van der Waals surface area contributed by atoms with E-state index in [4.69, 9.17) is 4.74 Å². The van der Waals surface area contributed by atoms with Gasteiger partial charge >= 0.3 is 6.09 Å². The quantitative estimate of drug-likeness (QED) is 0.486. The highest BCUT2D eigenvalue weighted by Crippen LogP contribution is 2.23. The molecule has 0 aromatic heterocycles. The monoisotopic (exact) mass is 463 g/mol. The Morgan fingerprint density at radius 1 is 1.16 bits per heavy atom. The van der Waals surface area contributed by atoms with Gasteiger partial charge in [-0.3, -0.25) is 9.59 Å². The van der Waals surface area contributed by atoms with E-state index in [2.05, 4.69) is 17.2 Å². The van der Waals surface area contributed by atoms with Gasteiger partial charge in [0.2, 0.25) is 11.8 Å². The van der Waals surface area contributed by atoms with Crippen molar-refractivity contribution >= 4 is 29.7 Å². The van der Waals surface area contributed by atoms with Crippen LogP contribution < -0.4 is 10.6 Å². The van der Waals surface area contributed by atoms with Gasteiger partial charge in [0.05, 0.1) is 0 Å². The number of thioether (sulfide) groups is 1. The molecule has 0 radical (unpaired) electrons. The van der Waals surface area contributed by atoms with E-state index in [1.165, 1.54) is 4.90 Å². The second-order valence-corrected chi connectivity index (χ2v) is 9.72. The van der Waals surface area contributed by atoms with Gasteiger partial charge in [0.25, 0.3) is 0 Å². The van der Waals surface area contributed by atoms with E-state index in [9.17, 15) is 14.4 Å². The number of benzene rings is 1. The van der Waals surface area contributed by atoms with E-state index < -0.39 is 23.8 Å². The summed E-state index contributed by atoms with van der Waals surface area (Å²) < 4.78 is 5.36. The Labute approximate surface area is 196 Å². The lowest BCUT2D eigenvalue weighted by molar-refractivity contribution is -0.142. The van der Waals surface area contributed by atoms with Crippen LogP contribution in [-0.4, -0.2) is 59.0 Å². The molecule has 0 aliphatic rings. The molecule has 1 aromatic rings. The van der Waals surface area contributed by atoms with Crippen LogP contribution in [0.15, 0.2) is 43.0 Å². The maximum Gasteiger partial charge on any atom is 0.408 e. The number of alkyl carbamates (subject to hydrolysis) is 1. The molecule has 2 atom stereocenters. The van der Waals surface area contributed by atoms with E-state index in [1.54, 1.807) is 38.6 Å². The highest BCUT2D eigenvalue weighted by atomic mass is 32.2. The molecule has 32 heavy (non-hydrogen) atoms. The van der Waals surface area contributed by atoms with E-state index in [0.717, 1.165) is 0 Å². The van der Waals surface area contributed by atoms with Crippen LogP contribution in [0.3, 0.4) is 0 Å². The first-order valence-corrected chi connectivity index (χ1v) is 12.1. The van der Waals surface area contributed by atoms with Crippen molar-refractivity contribution in [3.8, 4) is 0 Å². The lowest BCUT2D eigenvalue weighted by Crippen LogP contribution is -2.53. The fraction of sp³-hybridized carbons (Fsp3) is 0.542. The largest absolute Gasteiger partial charge is 0.444 e. The number of carbonyl (C=O) groups excluding carboxylic acids is 3. The molecular weight excluding hydrogens is 426 g/mol. The van der Waals surface area contributed by atoms with Gasteiger partial charge < -0.3 is 20.3 Å². The number of hydrogen-bond donors (Lipinski definition) is 2. The van der Waals surface area contributed by atoms with Crippen LogP contribution in [0.1, 0.15) is 52.6 Å². The number of hydrogen-bond acceptors (Lipinski definition) is 5. The van der Waals surface area contributed by atoms with Crippen LogP contribution in [0, 0.1) is 0 Å². The van der Waals surface area contributed by atoms with Crippen LogP contribution >= 0.6 is 11.8 Å². The van der Waals surface area contributed by atoms with Gasteiger partial charge in [0.15, 0.2) is 0 Å². The summed E-state index contributed by atoms with van der Waals surface area (Å²) in [5.41, 5.74) is -0.0106. The minimum atomic E-state index is -0.860. The van der Waals surface area contributed by atoms with Crippen molar-refractivity contribution in [3.63, 3.8) is 0 Å². The first-order chi connectivity index (χ1) is 15.0. The average Bonchev–Trinajstić information content (AvgIpc) is 2.69. The van der Waals surface area contributed by atoms with Crippen molar-refractivity contribution in [1.29, 1.82) is 0 Å². The summed E-state index contributed by atoms with van der Waals surface area (Å²) in [6.07, 6.45) is 3.24. The van der Waals surface area contributed by atoms with Gasteiger partial charge in [-0.25, -0.2) is 4.79 Å². The molecule has 1 rings (SSSR count). The lowest BCUT2D eigenvalue weighted by atomic mass is 10.0. The van der Waals surface area contributed by atoms with Crippen molar-refractivity contribution in [2.45, 2.75) is 64.8 Å². The fourth-order valence-electron chi connectivity index (χ4n) is 3.08. The standard InChI is InChI=1S/C24H37N3O4S/c1-8-15-27(20(21(28)25-17(2)3)18-12-10-9-11-13-18)22(29)19(14-16-32-7)26-23(30)31-24(4,5)6/h8-13,17,19-20H,1,14-16H2,2-7H3,(H,25,28)(H,26,30). The Morgan fingerprint density at radius 2 is 1.78 bits per heavy atom. The zero-order valence-corrected chi connectivity index (χ0v) is 20.8. The second-order valence-electron chi connectivity index (χ2n) is 8.74. The molecule has 3 amide bonds. The predicted octanol–water partition coefficient (Wildman–Crippen LogP) is 3.91. The Hall–Kier alpha value is -2.48. The highest BCUT2D eigenvalue weighted by molar-refractivity contribution is 7.98. The molecule has 2 N–H and O–H groups in total.